The summed E-state index contributed by atoms with van der Waals surface area (Å²) in [5.74, 6) is 0.416. The first-order chi connectivity index (χ1) is 7.36. The number of hydrogen-bond acceptors (Lipinski definition) is 6. The normalized spacial score (nSPS) is 10.9. The van der Waals surface area contributed by atoms with Gasteiger partial charge in [-0.1, -0.05) is 5.16 Å². The van der Waals surface area contributed by atoms with Crippen LogP contribution in [0.25, 0.3) is 22.7 Å². The van der Waals surface area contributed by atoms with Gasteiger partial charge >= 0.3 is 0 Å². The molecule has 0 saturated carbocycles. The second-order valence-corrected chi connectivity index (χ2v) is 2.98. The Balaban J connectivity index is 2.53. The monoisotopic (exact) mass is 200 g/mol. The van der Waals surface area contributed by atoms with Gasteiger partial charge in [0.15, 0.2) is 17.1 Å². The summed E-state index contributed by atoms with van der Waals surface area (Å²) in [5.41, 5.74) is 0.969. The van der Waals surface area contributed by atoms with Crippen molar-refractivity contribution in [2.24, 2.45) is 0 Å². The highest BCUT2D eigenvalue weighted by atomic mass is 16.5. The maximum atomic E-state index is 11.6. The quantitative estimate of drug-likeness (QED) is 0.523. The Labute approximate surface area is 83.2 Å². The molecule has 2 heterocycles. The molecule has 0 aromatic heterocycles. The van der Waals surface area contributed by atoms with Crippen LogP contribution in [0, 0.1) is 0 Å². The number of rotatable bonds is 0. The average molecular weight is 200 g/mol. The number of nitrogens with zero attached hydrogens (tertiary/aromatic N) is 4. The van der Waals surface area contributed by atoms with Crippen molar-refractivity contribution >= 4 is 0 Å². The van der Waals surface area contributed by atoms with E-state index in [0.29, 0.717) is 17.0 Å². The predicted octanol–water partition coefficient (Wildman–Crippen LogP) is 0.429. The Morgan fingerprint density at radius 3 is 3.00 bits per heavy atom. The molecule has 0 fully saturated rings. The van der Waals surface area contributed by atoms with Crippen molar-refractivity contribution < 1.29 is 4.52 Å². The lowest BCUT2D eigenvalue weighted by molar-refractivity contribution is 0.418. The summed E-state index contributed by atoms with van der Waals surface area (Å²) in [6, 6.07) is 4.83. The van der Waals surface area contributed by atoms with Crippen LogP contribution in [0.5, 0.6) is 0 Å². The first kappa shape index (κ1) is 7.98. The van der Waals surface area contributed by atoms with Crippen molar-refractivity contribution in [2.75, 3.05) is 0 Å². The van der Waals surface area contributed by atoms with Gasteiger partial charge in [-0.2, -0.15) is 0 Å². The Kier molecular flexibility index (Phi) is 1.49. The highest BCUT2D eigenvalue weighted by Crippen LogP contribution is 2.27. The lowest BCUT2D eigenvalue weighted by atomic mass is 10.1. The van der Waals surface area contributed by atoms with E-state index in [9.17, 15) is 4.79 Å². The molecule has 0 aromatic rings. The summed E-state index contributed by atoms with van der Waals surface area (Å²) in [6.45, 7) is 0. The minimum absolute atomic E-state index is 0.208. The third-order valence-corrected chi connectivity index (χ3v) is 2.08. The molecule has 6 heteroatoms. The van der Waals surface area contributed by atoms with Crippen LogP contribution in [0.2, 0.25) is 0 Å². The van der Waals surface area contributed by atoms with E-state index in [1.165, 1.54) is 12.3 Å². The molecule has 2 aliphatic heterocycles. The summed E-state index contributed by atoms with van der Waals surface area (Å²) >= 11 is 0. The molecule has 6 nitrogen and oxygen atoms in total. The smallest absolute Gasteiger partial charge is 0.209 e. The first-order valence-electron chi connectivity index (χ1n) is 4.23. The summed E-state index contributed by atoms with van der Waals surface area (Å²) < 4.78 is 5.10. The summed E-state index contributed by atoms with van der Waals surface area (Å²) in [4.78, 5) is 11.6. The molecule has 0 bridgehead atoms. The van der Waals surface area contributed by atoms with E-state index in [0.717, 1.165) is 0 Å². The van der Waals surface area contributed by atoms with Gasteiger partial charge in [0.2, 0.25) is 5.43 Å². The van der Waals surface area contributed by atoms with E-state index < -0.39 is 0 Å². The third kappa shape index (κ3) is 1.08. The summed E-state index contributed by atoms with van der Waals surface area (Å²) in [5, 5.41) is 14.5. The molecule has 3 rings (SSSR count). The average Bonchev–Trinajstić information content (AvgIpc) is 2.60. The van der Waals surface area contributed by atoms with E-state index in [1.807, 2.05) is 0 Å². The molecule has 1 aliphatic carbocycles. The molecule has 0 spiro atoms. The van der Waals surface area contributed by atoms with Crippen molar-refractivity contribution in [1.82, 2.24) is 20.6 Å². The van der Waals surface area contributed by atoms with Gasteiger partial charge in [0, 0.05) is 5.56 Å². The van der Waals surface area contributed by atoms with Crippen LogP contribution in [0.15, 0.2) is 33.7 Å². The van der Waals surface area contributed by atoms with E-state index >= 15 is 0 Å². The van der Waals surface area contributed by atoms with Crippen molar-refractivity contribution in [2.45, 2.75) is 0 Å². The maximum absolute atomic E-state index is 11.6. The maximum Gasteiger partial charge on any atom is 0.209 e. The van der Waals surface area contributed by atoms with Gasteiger partial charge in [0.25, 0.3) is 0 Å². The van der Waals surface area contributed by atoms with Crippen molar-refractivity contribution in [3.8, 4) is 22.7 Å². The van der Waals surface area contributed by atoms with Crippen LogP contribution in [-0.4, -0.2) is 20.6 Å². The van der Waals surface area contributed by atoms with Crippen LogP contribution in [0.1, 0.15) is 0 Å². The highest BCUT2D eigenvalue weighted by molar-refractivity contribution is 5.76. The standard InChI is InChI=1S/C9H4N4O2/c14-6-4-5-2-1-3-10-15-9(5)8-7(6)11-13-12-8/h1-4H. The van der Waals surface area contributed by atoms with Crippen LogP contribution in [0.3, 0.4) is 0 Å². The van der Waals surface area contributed by atoms with Crippen molar-refractivity contribution in [1.29, 1.82) is 0 Å². The van der Waals surface area contributed by atoms with Gasteiger partial charge in [0.05, 0.1) is 6.20 Å². The van der Waals surface area contributed by atoms with Gasteiger partial charge in [-0.05, 0) is 23.4 Å². The van der Waals surface area contributed by atoms with Crippen molar-refractivity contribution in [3.05, 3.63) is 34.6 Å². The van der Waals surface area contributed by atoms with E-state index in [4.69, 9.17) is 4.52 Å². The van der Waals surface area contributed by atoms with Gasteiger partial charge in [0.1, 0.15) is 0 Å². The van der Waals surface area contributed by atoms with Crippen LogP contribution in [0.4, 0.5) is 0 Å². The van der Waals surface area contributed by atoms with Crippen LogP contribution >= 0.6 is 0 Å². The Hall–Kier alpha value is -2.37. The molecule has 0 N–H and O–H groups in total. The fraction of sp³-hybridized carbons (Fsp3) is 0. The summed E-state index contributed by atoms with van der Waals surface area (Å²) in [7, 11) is 0. The minimum atomic E-state index is -0.219. The molecule has 0 aromatic carbocycles. The van der Waals surface area contributed by atoms with Crippen LogP contribution < -0.4 is 5.43 Å². The fourth-order valence-electron chi connectivity index (χ4n) is 1.42. The second-order valence-electron chi connectivity index (χ2n) is 2.98. The molecule has 0 saturated heterocycles. The first-order valence-corrected chi connectivity index (χ1v) is 4.23. The largest absolute Gasteiger partial charge is 0.354 e. The number of hydrogen-bond donors (Lipinski definition) is 0. The van der Waals surface area contributed by atoms with Gasteiger partial charge in [-0.3, -0.25) is 4.79 Å². The molecule has 15 heavy (non-hydrogen) atoms. The molecule has 3 aliphatic rings. The Bertz CT molecular complexity index is 621. The van der Waals surface area contributed by atoms with E-state index in [1.54, 1.807) is 12.1 Å². The van der Waals surface area contributed by atoms with Gasteiger partial charge < -0.3 is 4.52 Å². The van der Waals surface area contributed by atoms with E-state index in [-0.39, 0.29) is 11.1 Å². The molecular weight excluding hydrogens is 196 g/mol. The minimum Gasteiger partial charge on any atom is -0.354 e. The van der Waals surface area contributed by atoms with Crippen molar-refractivity contribution in [3.63, 3.8) is 0 Å². The zero-order valence-electron chi connectivity index (χ0n) is 7.41. The number of benzene rings is 1. The molecule has 0 unspecified atom stereocenters. The Morgan fingerprint density at radius 2 is 2.07 bits per heavy atom. The molecule has 0 amide bonds. The predicted molar refractivity (Wildman–Crippen MR) is 49.4 cm³/mol. The number of fused-ring (bicyclic) bond motifs is 3. The fourth-order valence-corrected chi connectivity index (χ4v) is 1.42. The molecule has 72 valence electrons. The second kappa shape index (κ2) is 2.81. The highest BCUT2D eigenvalue weighted by Gasteiger charge is 2.22. The topological polar surface area (TPSA) is 81.8 Å². The van der Waals surface area contributed by atoms with Gasteiger partial charge in [-0.15, -0.1) is 10.2 Å². The zero-order chi connectivity index (χ0) is 10.3. The van der Waals surface area contributed by atoms with Gasteiger partial charge in [-0.25, -0.2) is 0 Å². The summed E-state index contributed by atoms with van der Waals surface area (Å²) in [6.07, 6.45) is 1.49. The van der Waals surface area contributed by atoms with Crippen LogP contribution in [-0.2, 0) is 0 Å². The number of aromatic nitrogens is 4. The molecule has 0 radical (unpaired) electrons. The molecule has 0 atom stereocenters. The third-order valence-electron chi connectivity index (χ3n) is 2.08. The van der Waals surface area contributed by atoms with E-state index in [2.05, 4.69) is 20.6 Å². The SMILES string of the molecule is O=c1cc2cccnoc-2c2nnnc1-2. The Morgan fingerprint density at radius 1 is 1.20 bits per heavy atom. The zero-order valence-corrected chi connectivity index (χ0v) is 7.41. The lowest BCUT2D eigenvalue weighted by Crippen LogP contribution is -2.06. The molecular formula is C9H4N4O2. The lowest BCUT2D eigenvalue weighted by Gasteiger charge is -1.99.